The summed E-state index contributed by atoms with van der Waals surface area (Å²) < 4.78 is 5.13. The number of allylic oxidation sites excluding steroid dienone is 4. The van der Waals surface area contributed by atoms with Crippen molar-refractivity contribution in [1.82, 2.24) is 0 Å². The molecule has 0 atom stereocenters. The predicted octanol–water partition coefficient (Wildman–Crippen LogP) is 3.10. The summed E-state index contributed by atoms with van der Waals surface area (Å²) in [6.07, 6.45) is 8.78. The van der Waals surface area contributed by atoms with Crippen LogP contribution in [0.3, 0.4) is 0 Å². The van der Waals surface area contributed by atoms with E-state index in [9.17, 15) is 0 Å². The molecule has 1 heteroatoms. The fourth-order valence-electron chi connectivity index (χ4n) is 1.27. The van der Waals surface area contributed by atoms with Gasteiger partial charge in [-0.2, -0.15) is 0 Å². The Hall–Kier alpha value is -0.820. The molecular formula is C12H18O. The van der Waals surface area contributed by atoms with Gasteiger partial charge in [-0.15, -0.1) is 0 Å². The van der Waals surface area contributed by atoms with Gasteiger partial charge in [-0.3, -0.25) is 0 Å². The first-order valence-electron chi connectivity index (χ1n) is 4.62. The molecule has 72 valence electrons. The van der Waals surface area contributed by atoms with Gasteiger partial charge >= 0.3 is 0 Å². The Kier molecular flexibility index (Phi) is 3.10. The van der Waals surface area contributed by atoms with Crippen LogP contribution < -0.4 is 0 Å². The van der Waals surface area contributed by atoms with Crippen LogP contribution in [0, 0.1) is 5.41 Å². The van der Waals surface area contributed by atoms with Gasteiger partial charge in [-0.05, 0) is 18.1 Å². The van der Waals surface area contributed by atoms with Crippen molar-refractivity contribution in [2.45, 2.75) is 20.8 Å². The first-order chi connectivity index (χ1) is 6.05. The highest BCUT2D eigenvalue weighted by Crippen LogP contribution is 2.25. The van der Waals surface area contributed by atoms with Gasteiger partial charge in [0.1, 0.15) is 0 Å². The zero-order valence-electron chi connectivity index (χ0n) is 8.92. The number of methoxy groups -OCH3 is 1. The second kappa shape index (κ2) is 3.93. The zero-order chi connectivity index (χ0) is 9.90. The molecule has 0 N–H and O–H groups in total. The molecule has 13 heavy (non-hydrogen) atoms. The van der Waals surface area contributed by atoms with E-state index in [2.05, 4.69) is 45.1 Å². The van der Waals surface area contributed by atoms with E-state index in [1.807, 2.05) is 0 Å². The predicted molar refractivity (Wildman–Crippen MR) is 56.6 cm³/mol. The largest absolute Gasteiger partial charge is 0.380 e. The van der Waals surface area contributed by atoms with Crippen LogP contribution in [0.15, 0.2) is 35.5 Å². The van der Waals surface area contributed by atoms with Gasteiger partial charge < -0.3 is 4.74 Å². The second-order valence-electron chi connectivity index (χ2n) is 4.13. The Bertz CT molecular complexity index is 267. The number of ether oxygens (including phenoxy) is 1. The van der Waals surface area contributed by atoms with Crippen molar-refractivity contribution in [3.63, 3.8) is 0 Å². The Morgan fingerprint density at radius 3 is 2.46 bits per heavy atom. The monoisotopic (exact) mass is 178 g/mol. The number of hydrogen-bond acceptors (Lipinski definition) is 1. The molecule has 0 unspecified atom stereocenters. The Labute approximate surface area is 80.8 Å². The standard InChI is InChI=1S/C12H18O/c1-10-5-7-12(2,3)8-6-11(10)9-13-4/h5-8H,9H2,1-4H3. The van der Waals surface area contributed by atoms with E-state index >= 15 is 0 Å². The normalized spacial score (nSPS) is 20.6. The summed E-state index contributed by atoms with van der Waals surface area (Å²) in [7, 11) is 1.73. The molecular weight excluding hydrogens is 160 g/mol. The molecule has 0 fully saturated rings. The van der Waals surface area contributed by atoms with Crippen LogP contribution >= 0.6 is 0 Å². The quantitative estimate of drug-likeness (QED) is 0.631. The molecule has 0 spiro atoms. The second-order valence-corrected chi connectivity index (χ2v) is 4.13. The van der Waals surface area contributed by atoms with Gasteiger partial charge in [0.05, 0.1) is 6.61 Å². The van der Waals surface area contributed by atoms with Crippen molar-refractivity contribution in [3.05, 3.63) is 35.5 Å². The summed E-state index contributed by atoms with van der Waals surface area (Å²) in [5.41, 5.74) is 2.73. The Balaban J connectivity index is 2.91. The minimum Gasteiger partial charge on any atom is -0.380 e. The van der Waals surface area contributed by atoms with Crippen molar-refractivity contribution in [1.29, 1.82) is 0 Å². The molecule has 0 saturated heterocycles. The molecule has 0 saturated carbocycles. The van der Waals surface area contributed by atoms with Gasteiger partial charge in [0.2, 0.25) is 0 Å². The lowest BCUT2D eigenvalue weighted by molar-refractivity contribution is 0.227. The van der Waals surface area contributed by atoms with Crippen molar-refractivity contribution in [3.8, 4) is 0 Å². The fourth-order valence-corrected chi connectivity index (χ4v) is 1.27. The molecule has 0 aliphatic heterocycles. The Morgan fingerprint density at radius 1 is 1.23 bits per heavy atom. The lowest BCUT2D eigenvalue weighted by atomic mass is 9.93. The third-order valence-corrected chi connectivity index (χ3v) is 2.28. The minimum absolute atomic E-state index is 0.163. The molecule has 0 bridgehead atoms. The lowest BCUT2D eigenvalue weighted by Crippen LogP contribution is -2.01. The summed E-state index contributed by atoms with van der Waals surface area (Å²) in [6, 6.07) is 0. The molecule has 1 nitrogen and oxygen atoms in total. The van der Waals surface area contributed by atoms with Gasteiger partial charge in [0.15, 0.2) is 0 Å². The highest BCUT2D eigenvalue weighted by molar-refractivity contribution is 5.37. The average molecular weight is 178 g/mol. The van der Waals surface area contributed by atoms with E-state index < -0.39 is 0 Å². The average Bonchev–Trinajstić information content (AvgIpc) is 2.18. The molecule has 0 aromatic carbocycles. The van der Waals surface area contributed by atoms with Crippen molar-refractivity contribution in [2.24, 2.45) is 5.41 Å². The molecule has 1 aliphatic carbocycles. The maximum atomic E-state index is 5.13. The molecule has 0 aromatic heterocycles. The summed E-state index contributed by atoms with van der Waals surface area (Å²) in [6.45, 7) is 7.21. The maximum Gasteiger partial charge on any atom is 0.0715 e. The highest BCUT2D eigenvalue weighted by Gasteiger charge is 2.12. The molecule has 0 amide bonds. The van der Waals surface area contributed by atoms with Gasteiger partial charge in [0, 0.05) is 12.5 Å². The van der Waals surface area contributed by atoms with Gasteiger partial charge in [0.25, 0.3) is 0 Å². The van der Waals surface area contributed by atoms with Crippen LogP contribution in [0.5, 0.6) is 0 Å². The molecule has 0 heterocycles. The van der Waals surface area contributed by atoms with Gasteiger partial charge in [-0.25, -0.2) is 0 Å². The summed E-state index contributed by atoms with van der Waals surface area (Å²) >= 11 is 0. The first kappa shape index (κ1) is 10.3. The van der Waals surface area contributed by atoms with E-state index in [4.69, 9.17) is 4.74 Å². The van der Waals surface area contributed by atoms with Crippen LogP contribution in [0.4, 0.5) is 0 Å². The van der Waals surface area contributed by atoms with Crippen LogP contribution in [0.25, 0.3) is 0 Å². The third kappa shape index (κ3) is 2.85. The zero-order valence-corrected chi connectivity index (χ0v) is 8.92. The smallest absolute Gasteiger partial charge is 0.0715 e. The van der Waals surface area contributed by atoms with Crippen LogP contribution in [-0.4, -0.2) is 13.7 Å². The summed E-state index contributed by atoms with van der Waals surface area (Å²) in [4.78, 5) is 0. The minimum atomic E-state index is 0.163. The van der Waals surface area contributed by atoms with E-state index in [1.165, 1.54) is 11.1 Å². The van der Waals surface area contributed by atoms with Crippen molar-refractivity contribution in [2.75, 3.05) is 13.7 Å². The molecule has 1 rings (SSSR count). The molecule has 0 aromatic rings. The summed E-state index contributed by atoms with van der Waals surface area (Å²) in [5.74, 6) is 0. The van der Waals surface area contributed by atoms with E-state index in [-0.39, 0.29) is 5.41 Å². The highest BCUT2D eigenvalue weighted by atomic mass is 16.5. The van der Waals surface area contributed by atoms with Crippen molar-refractivity contribution >= 4 is 0 Å². The van der Waals surface area contributed by atoms with E-state index in [0.717, 1.165) is 0 Å². The Morgan fingerprint density at radius 2 is 1.85 bits per heavy atom. The maximum absolute atomic E-state index is 5.13. The van der Waals surface area contributed by atoms with Crippen LogP contribution in [-0.2, 0) is 4.74 Å². The van der Waals surface area contributed by atoms with E-state index in [1.54, 1.807) is 7.11 Å². The van der Waals surface area contributed by atoms with Crippen LogP contribution in [0.1, 0.15) is 20.8 Å². The molecule has 0 radical (unpaired) electrons. The number of hydrogen-bond donors (Lipinski definition) is 0. The van der Waals surface area contributed by atoms with E-state index in [0.29, 0.717) is 6.61 Å². The first-order valence-corrected chi connectivity index (χ1v) is 4.62. The lowest BCUT2D eigenvalue weighted by Gasteiger charge is -2.12. The fraction of sp³-hybridized carbons (Fsp3) is 0.500. The van der Waals surface area contributed by atoms with Gasteiger partial charge in [-0.1, -0.05) is 38.2 Å². The topological polar surface area (TPSA) is 9.23 Å². The third-order valence-electron chi connectivity index (χ3n) is 2.28. The SMILES string of the molecule is COCC1=C(C)C=CC(C)(C)C=C1. The van der Waals surface area contributed by atoms with Crippen molar-refractivity contribution < 1.29 is 4.74 Å². The number of rotatable bonds is 2. The van der Waals surface area contributed by atoms with Crippen LogP contribution in [0.2, 0.25) is 0 Å². The molecule has 1 aliphatic rings. The summed E-state index contributed by atoms with van der Waals surface area (Å²) in [5, 5.41) is 0.